The molecule has 1 amide bonds. The van der Waals surface area contributed by atoms with Gasteiger partial charge in [-0.3, -0.25) is 9.59 Å². The van der Waals surface area contributed by atoms with E-state index in [1.807, 2.05) is 38.2 Å². The Balaban J connectivity index is 1.75. The number of fused-ring (bicyclic) bond motifs is 1. The van der Waals surface area contributed by atoms with Crippen molar-refractivity contribution in [2.45, 2.75) is 30.2 Å². The number of Topliss-reactive ketones (excluding diaryl/α,β-unsaturated/α-hetero) is 1. The molecule has 0 saturated heterocycles. The molecule has 0 aliphatic heterocycles. The van der Waals surface area contributed by atoms with E-state index in [0.29, 0.717) is 23.0 Å². The first-order valence-corrected chi connectivity index (χ1v) is 8.79. The van der Waals surface area contributed by atoms with Gasteiger partial charge in [-0.25, -0.2) is 0 Å². The van der Waals surface area contributed by atoms with Crippen molar-refractivity contribution in [3.05, 3.63) is 41.9 Å². The number of para-hydroxylation sites is 1. The Kier molecular flexibility index (Phi) is 4.89. The summed E-state index contributed by atoms with van der Waals surface area (Å²) in [6.45, 7) is 1.85. The summed E-state index contributed by atoms with van der Waals surface area (Å²) < 4.78 is 1.80. The fraction of sp³-hybridized carbons (Fsp3) is 0.294. The Morgan fingerprint density at radius 2 is 2.08 bits per heavy atom. The van der Waals surface area contributed by atoms with Crippen LogP contribution in [-0.2, 0) is 18.3 Å². The molecule has 2 aromatic heterocycles. The molecule has 0 fully saturated rings. The maximum atomic E-state index is 12.8. The molecule has 1 aromatic carbocycles. The Hall–Kier alpha value is -2.61. The number of ketones is 1. The van der Waals surface area contributed by atoms with Gasteiger partial charge in [0.1, 0.15) is 5.82 Å². The first-order chi connectivity index (χ1) is 12.0. The number of hydrogen-bond acceptors (Lipinski definition) is 5. The largest absolute Gasteiger partial charge is 0.370 e. The van der Waals surface area contributed by atoms with E-state index in [-0.39, 0.29) is 23.4 Å². The number of benzene rings is 1. The van der Waals surface area contributed by atoms with Crippen LogP contribution >= 0.6 is 11.8 Å². The van der Waals surface area contributed by atoms with Gasteiger partial charge in [-0.05, 0) is 13.0 Å². The number of H-pyrrole nitrogens is 1. The Labute approximate surface area is 149 Å². The zero-order valence-corrected chi connectivity index (χ0v) is 14.8. The fourth-order valence-corrected chi connectivity index (χ4v) is 3.51. The number of aromatic nitrogens is 4. The summed E-state index contributed by atoms with van der Waals surface area (Å²) in [4.78, 5) is 26.8. The molecule has 0 saturated carbocycles. The number of hydrogen-bond donors (Lipinski definition) is 2. The molecule has 1 atom stereocenters. The zero-order valence-electron chi connectivity index (χ0n) is 14.0. The lowest BCUT2D eigenvalue weighted by Crippen LogP contribution is -2.15. The van der Waals surface area contributed by atoms with Gasteiger partial charge in [0.05, 0.1) is 5.25 Å². The Morgan fingerprint density at radius 3 is 2.84 bits per heavy atom. The molecular formula is C17H19N5O2S. The maximum Gasteiger partial charge on any atom is 0.217 e. The maximum absolute atomic E-state index is 12.8. The predicted molar refractivity (Wildman–Crippen MR) is 96.5 cm³/mol. The number of nitrogens with zero attached hydrogens (tertiary/aromatic N) is 3. The van der Waals surface area contributed by atoms with E-state index in [1.165, 1.54) is 11.8 Å². The number of aryl methyl sites for hydroxylation is 1. The number of carbonyl (C=O) groups excluding carboxylic acids is 2. The number of primary amides is 1. The van der Waals surface area contributed by atoms with Gasteiger partial charge in [-0.1, -0.05) is 30.0 Å². The molecule has 3 rings (SSSR count). The lowest BCUT2D eigenvalue weighted by molar-refractivity contribution is -0.118. The molecule has 3 aromatic rings. The molecule has 0 aliphatic carbocycles. The quantitative estimate of drug-likeness (QED) is 0.497. The molecule has 7 nitrogen and oxygen atoms in total. The van der Waals surface area contributed by atoms with Crippen LogP contribution in [0.2, 0.25) is 0 Å². The van der Waals surface area contributed by atoms with Gasteiger partial charge in [0, 0.05) is 42.6 Å². The lowest BCUT2D eigenvalue weighted by atomic mass is 10.1. The molecule has 2 heterocycles. The summed E-state index contributed by atoms with van der Waals surface area (Å²) in [7, 11) is 1.82. The van der Waals surface area contributed by atoms with Crippen molar-refractivity contribution in [1.82, 2.24) is 19.7 Å². The minimum atomic E-state index is -0.375. The zero-order chi connectivity index (χ0) is 18.0. The third-order valence-electron chi connectivity index (χ3n) is 4.03. The Morgan fingerprint density at radius 1 is 1.32 bits per heavy atom. The highest BCUT2D eigenvalue weighted by atomic mass is 32.2. The number of nitrogens with one attached hydrogen (secondary N) is 1. The van der Waals surface area contributed by atoms with Crippen molar-refractivity contribution >= 4 is 34.4 Å². The van der Waals surface area contributed by atoms with E-state index in [4.69, 9.17) is 5.73 Å². The summed E-state index contributed by atoms with van der Waals surface area (Å²) in [6.07, 6.45) is 2.41. The first-order valence-electron chi connectivity index (χ1n) is 7.91. The number of amides is 1. The second kappa shape index (κ2) is 7.10. The average Bonchev–Trinajstić information content (AvgIpc) is 3.17. The van der Waals surface area contributed by atoms with Gasteiger partial charge in [-0.15, -0.1) is 10.2 Å². The van der Waals surface area contributed by atoms with Crippen molar-refractivity contribution in [2.75, 3.05) is 0 Å². The van der Waals surface area contributed by atoms with E-state index in [9.17, 15) is 9.59 Å². The summed E-state index contributed by atoms with van der Waals surface area (Å²) in [5.74, 6) is 0.331. The number of aromatic amines is 1. The Bertz CT molecular complexity index is 930. The van der Waals surface area contributed by atoms with Crippen molar-refractivity contribution < 1.29 is 9.59 Å². The SMILES string of the molecule is C[C@H](Sc1nnc(CCC(N)=O)n1C)C(=O)c1c[nH]c2ccccc12. The standard InChI is InChI=1S/C17H19N5O2S/c1-10(16(24)12-9-19-13-6-4-3-5-11(12)13)25-17-21-20-15(22(17)2)8-7-14(18)23/h3-6,9-10,19H,7-8H2,1-2H3,(H2,18,23)/t10-/m0/s1. The van der Waals surface area contributed by atoms with E-state index >= 15 is 0 Å². The third kappa shape index (κ3) is 3.58. The molecule has 0 spiro atoms. The van der Waals surface area contributed by atoms with Crippen LogP contribution in [0.3, 0.4) is 0 Å². The smallest absolute Gasteiger partial charge is 0.217 e. The highest BCUT2D eigenvalue weighted by molar-refractivity contribution is 8.00. The van der Waals surface area contributed by atoms with Crippen molar-refractivity contribution in [3.8, 4) is 0 Å². The van der Waals surface area contributed by atoms with Crippen LogP contribution in [0, 0.1) is 0 Å². The van der Waals surface area contributed by atoms with Gasteiger partial charge >= 0.3 is 0 Å². The second-order valence-electron chi connectivity index (χ2n) is 5.80. The number of nitrogens with two attached hydrogens (primary N) is 1. The molecule has 25 heavy (non-hydrogen) atoms. The van der Waals surface area contributed by atoms with Crippen molar-refractivity contribution in [2.24, 2.45) is 12.8 Å². The molecular weight excluding hydrogens is 338 g/mol. The van der Waals surface area contributed by atoms with Crippen LogP contribution in [-0.4, -0.2) is 36.7 Å². The number of carbonyl (C=O) groups is 2. The van der Waals surface area contributed by atoms with Crippen molar-refractivity contribution in [3.63, 3.8) is 0 Å². The molecule has 3 N–H and O–H groups in total. The van der Waals surface area contributed by atoms with E-state index in [1.54, 1.807) is 10.8 Å². The minimum Gasteiger partial charge on any atom is -0.370 e. The molecule has 0 unspecified atom stereocenters. The minimum absolute atomic E-state index is 0.0316. The molecule has 0 radical (unpaired) electrons. The van der Waals surface area contributed by atoms with Crippen molar-refractivity contribution in [1.29, 1.82) is 0 Å². The highest BCUT2D eigenvalue weighted by Crippen LogP contribution is 2.27. The lowest BCUT2D eigenvalue weighted by Gasteiger charge is -2.09. The van der Waals surface area contributed by atoms with Gasteiger partial charge in [0.2, 0.25) is 5.91 Å². The van der Waals surface area contributed by atoms with Gasteiger partial charge in [-0.2, -0.15) is 0 Å². The van der Waals surface area contributed by atoms with Gasteiger partial charge in [0.25, 0.3) is 0 Å². The molecule has 0 aliphatic rings. The van der Waals surface area contributed by atoms with Crippen LogP contribution in [0.25, 0.3) is 10.9 Å². The molecule has 0 bridgehead atoms. The molecule has 8 heteroatoms. The van der Waals surface area contributed by atoms with Crippen LogP contribution in [0.5, 0.6) is 0 Å². The van der Waals surface area contributed by atoms with E-state index < -0.39 is 0 Å². The fourth-order valence-electron chi connectivity index (χ4n) is 2.61. The van der Waals surface area contributed by atoms with Crippen LogP contribution in [0.15, 0.2) is 35.6 Å². The topological polar surface area (TPSA) is 107 Å². The van der Waals surface area contributed by atoms with Gasteiger partial charge in [0.15, 0.2) is 10.9 Å². The van der Waals surface area contributed by atoms with Crippen LogP contribution in [0.1, 0.15) is 29.5 Å². The van der Waals surface area contributed by atoms with E-state index in [2.05, 4.69) is 15.2 Å². The normalized spacial score (nSPS) is 12.4. The van der Waals surface area contributed by atoms with E-state index in [0.717, 1.165) is 10.9 Å². The number of thioether (sulfide) groups is 1. The average molecular weight is 357 g/mol. The molecule has 130 valence electrons. The van der Waals surface area contributed by atoms with Crippen LogP contribution < -0.4 is 5.73 Å². The predicted octanol–water partition coefficient (Wildman–Crippen LogP) is 2.08. The summed E-state index contributed by atoms with van der Waals surface area (Å²) in [5.41, 5.74) is 6.78. The second-order valence-corrected chi connectivity index (χ2v) is 7.10. The first kappa shape index (κ1) is 17.2. The summed E-state index contributed by atoms with van der Waals surface area (Å²) in [6, 6.07) is 7.72. The summed E-state index contributed by atoms with van der Waals surface area (Å²) >= 11 is 1.35. The third-order valence-corrected chi connectivity index (χ3v) is 5.16. The summed E-state index contributed by atoms with van der Waals surface area (Å²) in [5, 5.41) is 9.45. The van der Waals surface area contributed by atoms with Gasteiger partial charge < -0.3 is 15.3 Å². The number of rotatable bonds is 7. The van der Waals surface area contributed by atoms with Crippen LogP contribution in [0.4, 0.5) is 0 Å². The monoisotopic (exact) mass is 357 g/mol. The highest BCUT2D eigenvalue weighted by Gasteiger charge is 2.22.